The number of nitrogens with zero attached hydrogens (tertiary/aromatic N) is 1. The van der Waals surface area contributed by atoms with Gasteiger partial charge in [-0.05, 0) is 88.7 Å². The lowest BCUT2D eigenvalue weighted by atomic mass is 9.98. The standard InChI is InChI=1S/C19H30N2.ClH/c1-14-10-15(2)19(16(3)11-14)13-21-8-6-18(7-9-21)20-12-17-4-5-17;/h10-11,17-18,20H,4-9,12-13H2,1-3H3;1H. The molecule has 1 heterocycles. The van der Waals surface area contributed by atoms with Crippen molar-refractivity contribution < 1.29 is 0 Å². The molecule has 2 fully saturated rings. The van der Waals surface area contributed by atoms with Gasteiger partial charge in [0.1, 0.15) is 0 Å². The monoisotopic (exact) mass is 322 g/mol. The van der Waals surface area contributed by atoms with Crippen LogP contribution < -0.4 is 5.32 Å². The highest BCUT2D eigenvalue weighted by molar-refractivity contribution is 5.85. The Bertz CT molecular complexity index is 465. The minimum atomic E-state index is 0. The zero-order valence-corrected chi connectivity index (χ0v) is 15.1. The van der Waals surface area contributed by atoms with E-state index in [0.717, 1.165) is 18.5 Å². The van der Waals surface area contributed by atoms with Gasteiger partial charge in [-0.1, -0.05) is 17.7 Å². The van der Waals surface area contributed by atoms with Crippen LogP contribution in [0.15, 0.2) is 12.1 Å². The van der Waals surface area contributed by atoms with Gasteiger partial charge in [-0.3, -0.25) is 4.90 Å². The molecule has 0 unspecified atom stereocenters. The van der Waals surface area contributed by atoms with E-state index in [4.69, 9.17) is 0 Å². The first-order chi connectivity index (χ1) is 10.1. The molecule has 2 aliphatic rings. The van der Waals surface area contributed by atoms with Gasteiger partial charge < -0.3 is 5.32 Å². The minimum absolute atomic E-state index is 0. The van der Waals surface area contributed by atoms with Crippen molar-refractivity contribution >= 4 is 12.4 Å². The maximum absolute atomic E-state index is 3.77. The topological polar surface area (TPSA) is 15.3 Å². The molecule has 22 heavy (non-hydrogen) atoms. The number of nitrogens with one attached hydrogen (secondary N) is 1. The highest BCUT2D eigenvalue weighted by Gasteiger charge is 2.24. The maximum Gasteiger partial charge on any atom is 0.0239 e. The average molecular weight is 323 g/mol. The quantitative estimate of drug-likeness (QED) is 0.881. The second kappa shape index (κ2) is 7.81. The molecule has 0 bridgehead atoms. The largest absolute Gasteiger partial charge is 0.314 e. The molecule has 1 saturated heterocycles. The third-order valence-corrected chi connectivity index (χ3v) is 5.20. The Kier molecular flexibility index (Phi) is 6.31. The normalized spacial score (nSPS) is 20.0. The molecule has 1 saturated carbocycles. The van der Waals surface area contributed by atoms with E-state index in [-0.39, 0.29) is 12.4 Å². The molecule has 2 nitrogen and oxygen atoms in total. The van der Waals surface area contributed by atoms with Crippen molar-refractivity contribution in [2.45, 2.75) is 59.0 Å². The lowest BCUT2D eigenvalue weighted by Gasteiger charge is -2.33. The fourth-order valence-corrected chi connectivity index (χ4v) is 3.63. The number of likely N-dealkylation sites (tertiary alicyclic amines) is 1. The van der Waals surface area contributed by atoms with Crippen LogP contribution in [-0.4, -0.2) is 30.6 Å². The van der Waals surface area contributed by atoms with Crippen molar-refractivity contribution in [3.05, 3.63) is 34.4 Å². The van der Waals surface area contributed by atoms with Gasteiger partial charge in [0, 0.05) is 12.6 Å². The number of rotatable bonds is 5. The van der Waals surface area contributed by atoms with Crippen molar-refractivity contribution in [2.75, 3.05) is 19.6 Å². The Hall–Kier alpha value is -0.570. The lowest BCUT2D eigenvalue weighted by Crippen LogP contribution is -2.42. The van der Waals surface area contributed by atoms with Crippen molar-refractivity contribution in [1.82, 2.24) is 10.2 Å². The molecule has 0 radical (unpaired) electrons. The maximum atomic E-state index is 3.77. The van der Waals surface area contributed by atoms with E-state index in [1.165, 1.54) is 62.0 Å². The fraction of sp³-hybridized carbons (Fsp3) is 0.684. The summed E-state index contributed by atoms with van der Waals surface area (Å²) >= 11 is 0. The summed E-state index contributed by atoms with van der Waals surface area (Å²) in [6.07, 6.45) is 5.54. The Morgan fingerprint density at radius 3 is 2.14 bits per heavy atom. The summed E-state index contributed by atoms with van der Waals surface area (Å²) in [6, 6.07) is 5.42. The van der Waals surface area contributed by atoms with Crippen LogP contribution >= 0.6 is 12.4 Å². The van der Waals surface area contributed by atoms with Crippen LogP contribution in [0, 0.1) is 26.7 Å². The molecule has 0 aromatic heterocycles. The first-order valence-corrected chi connectivity index (χ1v) is 8.64. The molecule has 1 N–H and O–H groups in total. The van der Waals surface area contributed by atoms with E-state index in [0.29, 0.717) is 0 Å². The Labute approximate surface area is 142 Å². The Balaban J connectivity index is 0.00000176. The Morgan fingerprint density at radius 1 is 1.00 bits per heavy atom. The SMILES string of the molecule is Cc1cc(C)c(CN2CCC(NCC3CC3)CC2)c(C)c1.Cl. The minimum Gasteiger partial charge on any atom is -0.314 e. The van der Waals surface area contributed by atoms with E-state index in [2.05, 4.69) is 43.1 Å². The van der Waals surface area contributed by atoms with Gasteiger partial charge in [0.05, 0.1) is 0 Å². The van der Waals surface area contributed by atoms with E-state index >= 15 is 0 Å². The predicted molar refractivity (Wildman–Crippen MR) is 96.9 cm³/mol. The molecule has 124 valence electrons. The van der Waals surface area contributed by atoms with E-state index < -0.39 is 0 Å². The second-order valence-electron chi connectivity index (χ2n) is 7.28. The molecule has 3 heteroatoms. The number of halogens is 1. The Morgan fingerprint density at radius 2 is 1.59 bits per heavy atom. The number of benzene rings is 1. The fourth-order valence-electron chi connectivity index (χ4n) is 3.63. The van der Waals surface area contributed by atoms with Gasteiger partial charge >= 0.3 is 0 Å². The average Bonchev–Trinajstić information content (AvgIpc) is 3.26. The third kappa shape index (κ3) is 4.71. The van der Waals surface area contributed by atoms with Gasteiger partial charge in [0.15, 0.2) is 0 Å². The number of hydrogen-bond donors (Lipinski definition) is 1. The lowest BCUT2D eigenvalue weighted by molar-refractivity contribution is 0.189. The van der Waals surface area contributed by atoms with Crippen molar-refractivity contribution in [2.24, 2.45) is 5.92 Å². The molecule has 0 amide bonds. The van der Waals surface area contributed by atoms with E-state index in [1.807, 2.05) is 0 Å². The van der Waals surface area contributed by atoms with Crippen LogP contribution in [0.1, 0.15) is 47.9 Å². The van der Waals surface area contributed by atoms with Gasteiger partial charge in [0.2, 0.25) is 0 Å². The van der Waals surface area contributed by atoms with E-state index in [9.17, 15) is 0 Å². The number of aryl methyl sites for hydroxylation is 3. The van der Waals surface area contributed by atoms with Crippen molar-refractivity contribution in [3.8, 4) is 0 Å². The number of piperidine rings is 1. The van der Waals surface area contributed by atoms with Crippen molar-refractivity contribution in [3.63, 3.8) is 0 Å². The highest BCUT2D eigenvalue weighted by Crippen LogP contribution is 2.28. The van der Waals surface area contributed by atoms with Gasteiger partial charge in [-0.2, -0.15) is 0 Å². The summed E-state index contributed by atoms with van der Waals surface area (Å²) in [5.74, 6) is 1.00. The molecular weight excluding hydrogens is 292 g/mol. The van der Waals surface area contributed by atoms with Crippen LogP contribution in [0.3, 0.4) is 0 Å². The zero-order chi connectivity index (χ0) is 14.8. The molecule has 3 rings (SSSR count). The molecule has 0 spiro atoms. The molecule has 1 aromatic rings. The predicted octanol–water partition coefficient (Wildman–Crippen LogP) is 4.00. The highest BCUT2D eigenvalue weighted by atomic mass is 35.5. The molecule has 1 aromatic carbocycles. The van der Waals surface area contributed by atoms with Crippen LogP contribution in [0.25, 0.3) is 0 Å². The third-order valence-electron chi connectivity index (χ3n) is 5.20. The molecular formula is C19H31ClN2. The summed E-state index contributed by atoms with van der Waals surface area (Å²) in [7, 11) is 0. The second-order valence-corrected chi connectivity index (χ2v) is 7.28. The van der Waals surface area contributed by atoms with Gasteiger partial charge in [0.25, 0.3) is 0 Å². The van der Waals surface area contributed by atoms with Gasteiger partial charge in [-0.15, -0.1) is 12.4 Å². The summed E-state index contributed by atoms with van der Waals surface area (Å²) in [6.45, 7) is 11.6. The van der Waals surface area contributed by atoms with E-state index in [1.54, 1.807) is 5.56 Å². The number of hydrogen-bond acceptors (Lipinski definition) is 2. The van der Waals surface area contributed by atoms with Crippen LogP contribution in [0.5, 0.6) is 0 Å². The van der Waals surface area contributed by atoms with Crippen molar-refractivity contribution in [1.29, 1.82) is 0 Å². The summed E-state index contributed by atoms with van der Waals surface area (Å²) in [5, 5.41) is 3.77. The zero-order valence-electron chi connectivity index (χ0n) is 14.3. The van der Waals surface area contributed by atoms with Crippen LogP contribution in [0.4, 0.5) is 0 Å². The smallest absolute Gasteiger partial charge is 0.0239 e. The molecule has 0 atom stereocenters. The first-order valence-electron chi connectivity index (χ1n) is 8.64. The molecule has 1 aliphatic carbocycles. The van der Waals surface area contributed by atoms with Gasteiger partial charge in [-0.25, -0.2) is 0 Å². The molecule has 1 aliphatic heterocycles. The summed E-state index contributed by atoms with van der Waals surface area (Å²) in [4.78, 5) is 2.64. The first kappa shape index (κ1) is 17.8. The van der Waals surface area contributed by atoms with Crippen LogP contribution in [0.2, 0.25) is 0 Å². The summed E-state index contributed by atoms with van der Waals surface area (Å²) < 4.78 is 0. The summed E-state index contributed by atoms with van der Waals surface area (Å²) in [5.41, 5.74) is 5.85. The van der Waals surface area contributed by atoms with Crippen LogP contribution in [-0.2, 0) is 6.54 Å².